The van der Waals surface area contributed by atoms with Gasteiger partial charge in [0.15, 0.2) is 0 Å². The van der Waals surface area contributed by atoms with E-state index in [0.29, 0.717) is 6.61 Å². The number of para-hydroxylation sites is 2. The molecule has 0 N–H and O–H groups in total. The summed E-state index contributed by atoms with van der Waals surface area (Å²) in [5.74, 6) is 2.01. The molecule has 5 heteroatoms. The number of imidazole rings is 1. The molecule has 0 unspecified atom stereocenters. The second kappa shape index (κ2) is 7.89. The number of aryl methyl sites for hydroxylation is 1. The Kier molecular flexibility index (Phi) is 5.18. The van der Waals surface area contributed by atoms with Crippen LogP contribution in [0.4, 0.5) is 0 Å². The van der Waals surface area contributed by atoms with Crippen LogP contribution in [0.3, 0.4) is 0 Å². The molecule has 0 atom stereocenters. The van der Waals surface area contributed by atoms with E-state index in [2.05, 4.69) is 46.7 Å². The van der Waals surface area contributed by atoms with Crippen molar-refractivity contribution in [2.45, 2.75) is 20.0 Å². The van der Waals surface area contributed by atoms with Crippen molar-refractivity contribution in [3.05, 3.63) is 59.9 Å². The van der Waals surface area contributed by atoms with Crippen LogP contribution >= 0.6 is 0 Å². The van der Waals surface area contributed by atoms with Crippen molar-refractivity contribution < 1.29 is 9.47 Å². The van der Waals surface area contributed by atoms with Gasteiger partial charge in [-0.15, -0.1) is 0 Å². The van der Waals surface area contributed by atoms with Crippen LogP contribution < -0.4 is 4.74 Å². The average Bonchev–Trinajstić information content (AvgIpc) is 3.01. The Balaban J connectivity index is 1.50. The molecule has 1 aromatic heterocycles. The van der Waals surface area contributed by atoms with E-state index in [1.54, 1.807) is 0 Å². The Morgan fingerprint density at radius 1 is 1.04 bits per heavy atom. The summed E-state index contributed by atoms with van der Waals surface area (Å²) in [4.78, 5) is 7.27. The van der Waals surface area contributed by atoms with Gasteiger partial charge in [-0.1, -0.05) is 29.8 Å². The first-order chi connectivity index (χ1) is 12.8. The maximum Gasteiger partial charge on any atom is 0.124 e. The molecule has 1 aliphatic rings. The Hall–Kier alpha value is -2.37. The molecule has 0 spiro atoms. The molecule has 3 aromatic rings. The van der Waals surface area contributed by atoms with Crippen molar-refractivity contribution >= 4 is 11.0 Å². The third kappa shape index (κ3) is 3.89. The third-order valence-electron chi connectivity index (χ3n) is 4.81. The molecule has 0 radical (unpaired) electrons. The SMILES string of the molecule is Cc1ccc(OCCn2c(CN3CCOCC3)nc3ccccc32)cc1. The number of aromatic nitrogens is 2. The van der Waals surface area contributed by atoms with Crippen molar-refractivity contribution in [2.24, 2.45) is 0 Å². The highest BCUT2D eigenvalue weighted by molar-refractivity contribution is 5.75. The van der Waals surface area contributed by atoms with Gasteiger partial charge in [0.05, 0.1) is 37.3 Å². The molecule has 0 saturated carbocycles. The van der Waals surface area contributed by atoms with Gasteiger partial charge in [0.25, 0.3) is 0 Å². The molecule has 5 nitrogen and oxygen atoms in total. The van der Waals surface area contributed by atoms with Crippen LogP contribution in [0.2, 0.25) is 0 Å². The van der Waals surface area contributed by atoms with Gasteiger partial charge in [0.2, 0.25) is 0 Å². The van der Waals surface area contributed by atoms with Crippen molar-refractivity contribution in [3.63, 3.8) is 0 Å². The van der Waals surface area contributed by atoms with E-state index < -0.39 is 0 Å². The molecule has 1 saturated heterocycles. The fourth-order valence-corrected chi connectivity index (χ4v) is 3.34. The van der Waals surface area contributed by atoms with Gasteiger partial charge in [-0.05, 0) is 31.2 Å². The molecule has 2 heterocycles. The van der Waals surface area contributed by atoms with Gasteiger partial charge in [-0.25, -0.2) is 4.98 Å². The van der Waals surface area contributed by atoms with Crippen molar-refractivity contribution in [1.82, 2.24) is 14.5 Å². The van der Waals surface area contributed by atoms with Gasteiger partial charge in [-0.2, -0.15) is 0 Å². The van der Waals surface area contributed by atoms with Gasteiger partial charge in [-0.3, -0.25) is 4.90 Å². The number of benzene rings is 2. The van der Waals surface area contributed by atoms with Crippen molar-refractivity contribution in [1.29, 1.82) is 0 Å². The smallest absolute Gasteiger partial charge is 0.124 e. The lowest BCUT2D eigenvalue weighted by molar-refractivity contribution is 0.0326. The molecule has 1 fully saturated rings. The molecule has 0 bridgehead atoms. The van der Waals surface area contributed by atoms with E-state index in [1.807, 2.05) is 18.2 Å². The predicted molar refractivity (Wildman–Crippen MR) is 103 cm³/mol. The largest absolute Gasteiger partial charge is 0.492 e. The first-order valence-electron chi connectivity index (χ1n) is 9.23. The first kappa shape index (κ1) is 17.1. The minimum Gasteiger partial charge on any atom is -0.492 e. The van der Waals surface area contributed by atoms with E-state index >= 15 is 0 Å². The summed E-state index contributed by atoms with van der Waals surface area (Å²) in [6.07, 6.45) is 0. The summed E-state index contributed by atoms with van der Waals surface area (Å²) >= 11 is 0. The van der Waals surface area contributed by atoms with Crippen LogP contribution in [-0.2, 0) is 17.8 Å². The Morgan fingerprint density at radius 3 is 2.62 bits per heavy atom. The standard InChI is InChI=1S/C21H25N3O2/c1-17-6-8-18(9-7-17)26-15-12-24-20-5-3-2-4-19(20)22-21(24)16-23-10-13-25-14-11-23/h2-9H,10-16H2,1H3. The molecular formula is C21H25N3O2. The second-order valence-corrected chi connectivity index (χ2v) is 6.72. The number of fused-ring (bicyclic) bond motifs is 1. The first-order valence-corrected chi connectivity index (χ1v) is 9.23. The lowest BCUT2D eigenvalue weighted by atomic mass is 10.2. The Labute approximate surface area is 154 Å². The molecule has 1 aliphatic heterocycles. The molecule has 2 aromatic carbocycles. The van der Waals surface area contributed by atoms with Crippen LogP contribution in [-0.4, -0.2) is 47.4 Å². The Morgan fingerprint density at radius 2 is 1.81 bits per heavy atom. The average molecular weight is 351 g/mol. The number of hydrogen-bond donors (Lipinski definition) is 0. The van der Waals surface area contributed by atoms with Gasteiger partial charge in [0, 0.05) is 13.1 Å². The monoisotopic (exact) mass is 351 g/mol. The zero-order chi connectivity index (χ0) is 17.8. The van der Waals surface area contributed by atoms with Gasteiger partial charge in [0.1, 0.15) is 18.2 Å². The van der Waals surface area contributed by atoms with Gasteiger partial charge >= 0.3 is 0 Å². The summed E-state index contributed by atoms with van der Waals surface area (Å²) < 4.78 is 13.7. The number of morpholine rings is 1. The number of nitrogens with zero attached hydrogens (tertiary/aromatic N) is 3. The molecule has 0 aliphatic carbocycles. The van der Waals surface area contributed by atoms with E-state index in [-0.39, 0.29) is 0 Å². The summed E-state index contributed by atoms with van der Waals surface area (Å²) in [6, 6.07) is 16.5. The fourth-order valence-electron chi connectivity index (χ4n) is 3.34. The highest BCUT2D eigenvalue weighted by atomic mass is 16.5. The van der Waals surface area contributed by atoms with Crippen LogP contribution in [0.25, 0.3) is 11.0 Å². The fraction of sp³-hybridized carbons (Fsp3) is 0.381. The van der Waals surface area contributed by atoms with E-state index in [9.17, 15) is 0 Å². The zero-order valence-electron chi connectivity index (χ0n) is 15.2. The minimum absolute atomic E-state index is 0.625. The summed E-state index contributed by atoms with van der Waals surface area (Å²) in [7, 11) is 0. The number of hydrogen-bond acceptors (Lipinski definition) is 4. The van der Waals surface area contributed by atoms with Crippen LogP contribution in [0.15, 0.2) is 48.5 Å². The summed E-state index contributed by atoms with van der Waals surface area (Å²) in [5.41, 5.74) is 3.46. The van der Waals surface area contributed by atoms with E-state index in [0.717, 1.165) is 56.5 Å². The predicted octanol–water partition coefficient (Wildman–Crippen LogP) is 3.26. The van der Waals surface area contributed by atoms with E-state index in [4.69, 9.17) is 14.5 Å². The second-order valence-electron chi connectivity index (χ2n) is 6.72. The number of rotatable bonds is 6. The molecule has 26 heavy (non-hydrogen) atoms. The molecule has 4 rings (SSSR count). The maximum atomic E-state index is 5.95. The highest BCUT2D eigenvalue weighted by Gasteiger charge is 2.16. The quantitative estimate of drug-likeness (QED) is 0.683. The topological polar surface area (TPSA) is 39.5 Å². The zero-order valence-corrected chi connectivity index (χ0v) is 15.2. The minimum atomic E-state index is 0.625. The van der Waals surface area contributed by atoms with Crippen LogP contribution in [0.1, 0.15) is 11.4 Å². The maximum absolute atomic E-state index is 5.95. The molecule has 0 amide bonds. The number of ether oxygens (including phenoxy) is 2. The normalized spacial score (nSPS) is 15.4. The van der Waals surface area contributed by atoms with Gasteiger partial charge < -0.3 is 14.0 Å². The van der Waals surface area contributed by atoms with Crippen LogP contribution in [0, 0.1) is 6.92 Å². The third-order valence-corrected chi connectivity index (χ3v) is 4.81. The molecule has 136 valence electrons. The Bertz CT molecular complexity index is 851. The lowest BCUT2D eigenvalue weighted by Gasteiger charge is -2.26. The summed E-state index contributed by atoms with van der Waals surface area (Å²) in [5, 5.41) is 0. The van der Waals surface area contributed by atoms with Crippen molar-refractivity contribution in [2.75, 3.05) is 32.9 Å². The summed E-state index contributed by atoms with van der Waals surface area (Å²) in [6.45, 7) is 7.87. The highest BCUT2D eigenvalue weighted by Crippen LogP contribution is 2.18. The van der Waals surface area contributed by atoms with Crippen LogP contribution in [0.5, 0.6) is 5.75 Å². The van der Waals surface area contributed by atoms with E-state index in [1.165, 1.54) is 11.1 Å². The van der Waals surface area contributed by atoms with Crippen molar-refractivity contribution in [3.8, 4) is 5.75 Å². The lowest BCUT2D eigenvalue weighted by Crippen LogP contribution is -2.36. The molecular weight excluding hydrogens is 326 g/mol.